The summed E-state index contributed by atoms with van der Waals surface area (Å²) in [5.74, 6) is -0.168. The molecule has 116 valence electrons. The molecule has 21 heavy (non-hydrogen) atoms. The van der Waals surface area contributed by atoms with Crippen LogP contribution in [0.25, 0.3) is 0 Å². The van der Waals surface area contributed by atoms with Crippen molar-refractivity contribution in [1.29, 1.82) is 0 Å². The van der Waals surface area contributed by atoms with E-state index in [0.29, 0.717) is 10.5 Å². The van der Waals surface area contributed by atoms with Crippen molar-refractivity contribution in [2.24, 2.45) is 0 Å². The third kappa shape index (κ3) is 4.63. The van der Waals surface area contributed by atoms with Gasteiger partial charge in [0.15, 0.2) is 0 Å². The average Bonchev–Trinajstić information content (AvgIpc) is 2.52. The number of hydrogen-bond acceptors (Lipinski definition) is 2. The summed E-state index contributed by atoms with van der Waals surface area (Å²) in [6, 6.07) is 5.67. The Labute approximate surface area is 135 Å². The minimum Gasteiger partial charge on any atom is -0.314 e. The molecule has 2 nitrogen and oxygen atoms in total. The summed E-state index contributed by atoms with van der Waals surface area (Å²) in [6.07, 6.45) is 6.38. The second-order valence-electron chi connectivity index (χ2n) is 5.52. The van der Waals surface area contributed by atoms with Crippen molar-refractivity contribution in [2.75, 3.05) is 26.2 Å². The lowest BCUT2D eigenvalue weighted by atomic mass is 9.98. The molecule has 1 heterocycles. The van der Waals surface area contributed by atoms with Gasteiger partial charge in [-0.2, -0.15) is 0 Å². The molecule has 1 atom stereocenters. The van der Waals surface area contributed by atoms with Gasteiger partial charge in [-0.25, -0.2) is 4.39 Å². The SMILES string of the molecule is C=CCCCC[C@H](c1cccc(F)c1Br)N1CCNCC1. The van der Waals surface area contributed by atoms with Gasteiger partial charge in [0, 0.05) is 32.2 Å². The van der Waals surface area contributed by atoms with Gasteiger partial charge in [-0.3, -0.25) is 4.90 Å². The predicted molar refractivity (Wildman–Crippen MR) is 89.9 cm³/mol. The van der Waals surface area contributed by atoms with Gasteiger partial charge < -0.3 is 5.32 Å². The molecule has 0 amide bonds. The van der Waals surface area contributed by atoms with Crippen LogP contribution in [0.3, 0.4) is 0 Å². The molecule has 1 aromatic carbocycles. The molecule has 0 saturated carbocycles. The topological polar surface area (TPSA) is 15.3 Å². The van der Waals surface area contributed by atoms with E-state index in [1.807, 2.05) is 18.2 Å². The van der Waals surface area contributed by atoms with E-state index in [0.717, 1.165) is 57.4 Å². The van der Waals surface area contributed by atoms with Crippen LogP contribution in [0, 0.1) is 5.82 Å². The number of benzene rings is 1. The summed E-state index contributed by atoms with van der Waals surface area (Å²) in [4.78, 5) is 2.48. The van der Waals surface area contributed by atoms with Crippen LogP contribution in [0.2, 0.25) is 0 Å². The normalized spacial score (nSPS) is 17.6. The summed E-state index contributed by atoms with van der Waals surface area (Å²) in [6.45, 7) is 7.84. The maximum absolute atomic E-state index is 13.9. The number of piperazine rings is 1. The fourth-order valence-electron chi connectivity index (χ4n) is 2.93. The second kappa shape index (κ2) is 8.66. The molecule has 1 saturated heterocycles. The molecule has 1 aromatic rings. The van der Waals surface area contributed by atoms with Crippen LogP contribution in [-0.2, 0) is 0 Å². The van der Waals surface area contributed by atoms with Gasteiger partial charge in [-0.1, -0.05) is 24.6 Å². The molecule has 4 heteroatoms. The van der Waals surface area contributed by atoms with Crippen molar-refractivity contribution in [3.8, 4) is 0 Å². The zero-order chi connectivity index (χ0) is 15.1. The first-order chi connectivity index (χ1) is 10.2. The van der Waals surface area contributed by atoms with Crippen molar-refractivity contribution in [2.45, 2.75) is 31.7 Å². The standard InChI is InChI=1S/C17H24BrFN2/c1-2-3-4-5-9-16(21-12-10-20-11-13-21)14-7-6-8-15(19)17(14)18/h2,6-8,16,20H,1,3-5,9-13H2/t16-/m1/s1. The Morgan fingerprint density at radius 3 is 2.81 bits per heavy atom. The molecule has 1 aliphatic rings. The summed E-state index contributed by atoms with van der Waals surface area (Å²) < 4.78 is 14.5. The number of hydrogen-bond donors (Lipinski definition) is 1. The van der Waals surface area contributed by atoms with Crippen molar-refractivity contribution in [3.05, 3.63) is 46.7 Å². The van der Waals surface area contributed by atoms with Gasteiger partial charge in [-0.05, 0) is 46.8 Å². The molecule has 0 aromatic heterocycles. The molecule has 1 N–H and O–H groups in total. The van der Waals surface area contributed by atoms with Crippen LogP contribution in [0.4, 0.5) is 4.39 Å². The molecule has 0 bridgehead atoms. The van der Waals surface area contributed by atoms with E-state index in [2.05, 4.69) is 32.7 Å². The smallest absolute Gasteiger partial charge is 0.137 e. The highest BCUT2D eigenvalue weighted by atomic mass is 79.9. The highest BCUT2D eigenvalue weighted by Crippen LogP contribution is 2.33. The number of unbranched alkanes of at least 4 members (excludes halogenated alkanes) is 2. The molecule has 0 radical (unpaired) electrons. The van der Waals surface area contributed by atoms with E-state index in [-0.39, 0.29) is 5.82 Å². The van der Waals surface area contributed by atoms with E-state index in [1.165, 1.54) is 6.07 Å². The van der Waals surface area contributed by atoms with Crippen molar-refractivity contribution in [3.63, 3.8) is 0 Å². The Kier molecular flexibility index (Phi) is 6.87. The molecular weight excluding hydrogens is 331 g/mol. The van der Waals surface area contributed by atoms with E-state index in [9.17, 15) is 4.39 Å². The first-order valence-electron chi connectivity index (χ1n) is 7.73. The minimum atomic E-state index is -0.168. The third-order valence-corrected chi connectivity index (χ3v) is 4.91. The van der Waals surface area contributed by atoms with E-state index in [4.69, 9.17) is 0 Å². The highest BCUT2D eigenvalue weighted by Gasteiger charge is 2.24. The van der Waals surface area contributed by atoms with Crippen LogP contribution in [0.5, 0.6) is 0 Å². The monoisotopic (exact) mass is 354 g/mol. The second-order valence-corrected chi connectivity index (χ2v) is 6.31. The fourth-order valence-corrected chi connectivity index (χ4v) is 3.46. The Hall–Kier alpha value is -0.710. The molecule has 2 rings (SSSR count). The summed E-state index contributed by atoms with van der Waals surface area (Å²) in [5.41, 5.74) is 1.08. The molecule has 0 unspecified atom stereocenters. The number of allylic oxidation sites excluding steroid dienone is 1. The maximum Gasteiger partial charge on any atom is 0.137 e. The molecular formula is C17H24BrFN2. The first kappa shape index (κ1) is 16.7. The Bertz CT molecular complexity index is 458. The molecule has 0 spiro atoms. The lowest BCUT2D eigenvalue weighted by Gasteiger charge is -2.36. The maximum atomic E-state index is 13.9. The fraction of sp³-hybridized carbons (Fsp3) is 0.529. The molecule has 0 aliphatic carbocycles. The van der Waals surface area contributed by atoms with E-state index in [1.54, 1.807) is 0 Å². The van der Waals surface area contributed by atoms with Gasteiger partial charge in [0.1, 0.15) is 5.82 Å². The quantitative estimate of drug-likeness (QED) is 0.580. The van der Waals surface area contributed by atoms with Gasteiger partial charge in [-0.15, -0.1) is 6.58 Å². The molecule has 1 aliphatic heterocycles. The predicted octanol–water partition coefficient (Wildman–Crippen LogP) is 4.28. The van der Waals surface area contributed by atoms with Crippen molar-refractivity contribution >= 4 is 15.9 Å². The van der Waals surface area contributed by atoms with E-state index >= 15 is 0 Å². The summed E-state index contributed by atoms with van der Waals surface area (Å²) in [5, 5.41) is 3.38. The van der Waals surface area contributed by atoms with Crippen molar-refractivity contribution < 1.29 is 4.39 Å². The average molecular weight is 355 g/mol. The van der Waals surface area contributed by atoms with Gasteiger partial charge in [0.2, 0.25) is 0 Å². The van der Waals surface area contributed by atoms with Gasteiger partial charge in [0.05, 0.1) is 4.47 Å². The highest BCUT2D eigenvalue weighted by molar-refractivity contribution is 9.10. The number of nitrogens with zero attached hydrogens (tertiary/aromatic N) is 1. The Morgan fingerprint density at radius 1 is 1.33 bits per heavy atom. The largest absolute Gasteiger partial charge is 0.314 e. The van der Waals surface area contributed by atoms with Crippen LogP contribution in [-0.4, -0.2) is 31.1 Å². The van der Waals surface area contributed by atoms with Crippen LogP contribution >= 0.6 is 15.9 Å². The van der Waals surface area contributed by atoms with Crippen molar-refractivity contribution in [1.82, 2.24) is 10.2 Å². The third-order valence-electron chi connectivity index (χ3n) is 4.07. The van der Waals surface area contributed by atoms with Gasteiger partial charge in [0.25, 0.3) is 0 Å². The Morgan fingerprint density at radius 2 is 2.10 bits per heavy atom. The lowest BCUT2D eigenvalue weighted by Crippen LogP contribution is -2.45. The number of nitrogens with one attached hydrogen (secondary N) is 1. The lowest BCUT2D eigenvalue weighted by molar-refractivity contribution is 0.162. The zero-order valence-corrected chi connectivity index (χ0v) is 14.0. The molecule has 1 fully saturated rings. The minimum absolute atomic E-state index is 0.168. The summed E-state index contributed by atoms with van der Waals surface area (Å²) in [7, 11) is 0. The number of rotatable bonds is 7. The van der Waals surface area contributed by atoms with Crippen LogP contribution in [0.15, 0.2) is 35.3 Å². The first-order valence-corrected chi connectivity index (χ1v) is 8.53. The Balaban J connectivity index is 2.13. The van der Waals surface area contributed by atoms with Crippen LogP contribution in [0.1, 0.15) is 37.3 Å². The van der Waals surface area contributed by atoms with E-state index < -0.39 is 0 Å². The number of halogens is 2. The zero-order valence-electron chi connectivity index (χ0n) is 12.5. The van der Waals surface area contributed by atoms with Gasteiger partial charge >= 0.3 is 0 Å². The summed E-state index contributed by atoms with van der Waals surface area (Å²) >= 11 is 3.44. The van der Waals surface area contributed by atoms with Crippen LogP contribution < -0.4 is 5.32 Å².